The maximum atomic E-state index is 11.0. The molecule has 0 aromatic carbocycles. The Morgan fingerprint density at radius 1 is 1.33 bits per heavy atom. The predicted molar refractivity (Wildman–Crippen MR) is 69.4 cm³/mol. The fourth-order valence-electron chi connectivity index (χ4n) is 1.23. The van der Waals surface area contributed by atoms with Crippen LogP contribution in [0.3, 0.4) is 0 Å². The van der Waals surface area contributed by atoms with Crippen molar-refractivity contribution < 1.29 is 9.59 Å². The number of halogens is 1. The number of primary amides is 2. The zero-order valence-electron chi connectivity index (χ0n) is 9.59. The number of nitrogens with zero attached hydrogens (tertiary/aromatic N) is 3. The molecule has 0 fully saturated rings. The van der Waals surface area contributed by atoms with E-state index in [1.807, 2.05) is 0 Å². The molecule has 1 heterocycles. The van der Waals surface area contributed by atoms with Crippen LogP contribution in [-0.2, 0) is 9.59 Å². The fourth-order valence-corrected chi connectivity index (χ4v) is 1.84. The van der Waals surface area contributed by atoms with Crippen molar-refractivity contribution >= 4 is 41.0 Å². The monoisotopic (exact) mass is 289 g/mol. The van der Waals surface area contributed by atoms with Gasteiger partial charge in [0.2, 0.25) is 11.8 Å². The first-order chi connectivity index (χ1) is 8.42. The summed E-state index contributed by atoms with van der Waals surface area (Å²) in [6.45, 7) is -0.353. The quantitative estimate of drug-likeness (QED) is 0.419. The van der Waals surface area contributed by atoms with Crippen molar-refractivity contribution in [1.82, 2.24) is 9.97 Å². The van der Waals surface area contributed by atoms with Crippen LogP contribution in [0.25, 0.3) is 0 Å². The van der Waals surface area contributed by atoms with E-state index in [1.165, 1.54) is 22.7 Å². The molecule has 0 saturated heterocycles. The minimum atomic E-state index is -0.600. The molecule has 1 aromatic rings. The molecule has 9 heteroatoms. The molecule has 0 atom stereocenters. The Kier molecular flexibility index (Phi) is 5.17. The van der Waals surface area contributed by atoms with Gasteiger partial charge in [-0.25, -0.2) is 9.97 Å². The second-order valence-corrected chi connectivity index (χ2v) is 4.48. The third kappa shape index (κ3) is 4.38. The topological polar surface area (TPSA) is 115 Å². The number of carbonyl (C=O) groups is 2. The van der Waals surface area contributed by atoms with E-state index in [-0.39, 0.29) is 18.2 Å². The van der Waals surface area contributed by atoms with Crippen molar-refractivity contribution in [3.63, 3.8) is 0 Å². The van der Waals surface area contributed by atoms with Gasteiger partial charge in [-0.3, -0.25) is 9.59 Å². The molecule has 0 aliphatic rings. The van der Waals surface area contributed by atoms with Crippen molar-refractivity contribution in [2.75, 3.05) is 24.2 Å². The van der Waals surface area contributed by atoms with Gasteiger partial charge < -0.3 is 16.4 Å². The summed E-state index contributed by atoms with van der Waals surface area (Å²) >= 11 is 7.11. The van der Waals surface area contributed by atoms with Gasteiger partial charge in [-0.05, 0) is 6.26 Å². The number of amides is 2. The smallest absolute Gasteiger partial charge is 0.237 e. The highest BCUT2D eigenvalue weighted by Gasteiger charge is 2.15. The molecule has 1 rings (SSSR count). The fraction of sp³-hybridized carbons (Fsp3) is 0.333. The number of nitrogens with two attached hydrogens (primary N) is 2. The second-order valence-electron chi connectivity index (χ2n) is 3.32. The Morgan fingerprint density at radius 3 is 2.33 bits per heavy atom. The van der Waals surface area contributed by atoms with Crippen molar-refractivity contribution in [3.8, 4) is 0 Å². The van der Waals surface area contributed by atoms with Crippen LogP contribution in [0.2, 0.25) is 5.15 Å². The van der Waals surface area contributed by atoms with Crippen LogP contribution >= 0.6 is 23.4 Å². The van der Waals surface area contributed by atoms with Crippen LogP contribution in [-0.4, -0.2) is 41.1 Å². The van der Waals surface area contributed by atoms with Gasteiger partial charge in [-0.2, -0.15) is 0 Å². The first-order valence-corrected chi connectivity index (χ1v) is 6.42. The molecule has 1 aromatic heterocycles. The lowest BCUT2D eigenvalue weighted by Crippen LogP contribution is -2.40. The average Bonchev–Trinajstić information content (AvgIpc) is 2.26. The van der Waals surface area contributed by atoms with E-state index in [2.05, 4.69) is 9.97 Å². The number of carbonyl (C=O) groups excluding carboxylic acids is 2. The van der Waals surface area contributed by atoms with E-state index in [0.29, 0.717) is 11.0 Å². The summed E-state index contributed by atoms with van der Waals surface area (Å²) in [6, 6.07) is 1.44. The van der Waals surface area contributed by atoms with E-state index in [1.54, 1.807) is 6.26 Å². The second kappa shape index (κ2) is 6.41. The Morgan fingerprint density at radius 2 is 1.89 bits per heavy atom. The highest BCUT2D eigenvalue weighted by Crippen LogP contribution is 2.20. The van der Waals surface area contributed by atoms with Gasteiger partial charge in [0.25, 0.3) is 0 Å². The maximum Gasteiger partial charge on any atom is 0.237 e. The zero-order chi connectivity index (χ0) is 13.7. The van der Waals surface area contributed by atoms with Crippen molar-refractivity contribution in [2.45, 2.75) is 5.16 Å². The minimum Gasteiger partial charge on any atom is -0.368 e. The molecule has 0 saturated carbocycles. The van der Waals surface area contributed by atoms with E-state index in [0.717, 1.165) is 0 Å². The summed E-state index contributed by atoms with van der Waals surface area (Å²) < 4.78 is 0. The summed E-state index contributed by atoms with van der Waals surface area (Å²) in [5, 5.41) is 0.639. The number of anilines is 1. The molecule has 2 amide bonds. The molecule has 0 unspecified atom stereocenters. The van der Waals surface area contributed by atoms with Crippen molar-refractivity contribution in [2.24, 2.45) is 11.5 Å². The van der Waals surface area contributed by atoms with Gasteiger partial charge >= 0.3 is 0 Å². The molecule has 98 valence electrons. The molecule has 0 aliphatic heterocycles. The first-order valence-electron chi connectivity index (χ1n) is 4.82. The lowest BCUT2D eigenvalue weighted by molar-refractivity contribution is -0.117. The molecule has 4 N–H and O–H groups in total. The summed E-state index contributed by atoms with van der Waals surface area (Å²) in [5.74, 6) is -0.870. The third-order valence-electron chi connectivity index (χ3n) is 1.86. The Hall–Kier alpha value is -1.54. The third-order valence-corrected chi connectivity index (χ3v) is 2.60. The van der Waals surface area contributed by atoms with Gasteiger partial charge in [0, 0.05) is 6.07 Å². The van der Waals surface area contributed by atoms with Crippen LogP contribution in [0.5, 0.6) is 0 Å². The standard InChI is InChI=1S/C9H12ClN5O2S/c1-18-9-13-5(10)2-8(14-9)15(3-6(11)16)4-7(12)17/h2H,3-4H2,1H3,(H2,11,16)(H2,12,17). The number of thioether (sulfide) groups is 1. The minimum absolute atomic E-state index is 0.176. The molecular weight excluding hydrogens is 278 g/mol. The number of hydrogen-bond donors (Lipinski definition) is 2. The first kappa shape index (κ1) is 14.5. The van der Waals surface area contributed by atoms with Crippen molar-refractivity contribution in [3.05, 3.63) is 11.2 Å². The molecule has 0 spiro atoms. The highest BCUT2D eigenvalue weighted by molar-refractivity contribution is 7.98. The van der Waals surface area contributed by atoms with E-state index >= 15 is 0 Å². The Bertz CT molecular complexity index is 454. The summed E-state index contributed by atoms with van der Waals surface area (Å²) in [4.78, 5) is 31.3. The van der Waals surface area contributed by atoms with Crippen LogP contribution in [0.4, 0.5) is 5.82 Å². The van der Waals surface area contributed by atoms with Gasteiger partial charge in [-0.15, -0.1) is 0 Å². The largest absolute Gasteiger partial charge is 0.368 e. The normalized spacial score (nSPS) is 10.1. The number of hydrogen-bond acceptors (Lipinski definition) is 6. The van der Waals surface area contributed by atoms with E-state index < -0.39 is 11.8 Å². The van der Waals surface area contributed by atoms with Gasteiger partial charge in [-0.1, -0.05) is 23.4 Å². The maximum absolute atomic E-state index is 11.0. The summed E-state index contributed by atoms with van der Waals surface area (Å²) in [7, 11) is 0. The Balaban J connectivity index is 3.06. The molecular formula is C9H12ClN5O2S. The van der Waals surface area contributed by atoms with E-state index in [4.69, 9.17) is 23.1 Å². The van der Waals surface area contributed by atoms with Crippen LogP contribution < -0.4 is 16.4 Å². The van der Waals surface area contributed by atoms with Gasteiger partial charge in [0.15, 0.2) is 5.16 Å². The number of rotatable bonds is 6. The summed E-state index contributed by atoms with van der Waals surface area (Å²) in [6.07, 6.45) is 1.78. The zero-order valence-corrected chi connectivity index (χ0v) is 11.2. The SMILES string of the molecule is CSc1nc(Cl)cc(N(CC(N)=O)CC(N)=O)n1. The molecule has 0 radical (unpaired) electrons. The molecule has 0 bridgehead atoms. The predicted octanol–water partition coefficient (Wildman–Crippen LogP) is -0.371. The van der Waals surface area contributed by atoms with Crippen LogP contribution in [0.15, 0.2) is 11.2 Å². The molecule has 0 aliphatic carbocycles. The summed E-state index contributed by atoms with van der Waals surface area (Å²) in [5.41, 5.74) is 10.2. The van der Waals surface area contributed by atoms with Crippen molar-refractivity contribution in [1.29, 1.82) is 0 Å². The molecule has 18 heavy (non-hydrogen) atoms. The van der Waals surface area contributed by atoms with Gasteiger partial charge in [0.05, 0.1) is 13.1 Å². The Labute approximate surface area is 113 Å². The van der Waals surface area contributed by atoms with Crippen LogP contribution in [0, 0.1) is 0 Å². The molecule has 7 nitrogen and oxygen atoms in total. The lowest BCUT2D eigenvalue weighted by atomic mass is 10.4. The number of aromatic nitrogens is 2. The van der Waals surface area contributed by atoms with Gasteiger partial charge in [0.1, 0.15) is 11.0 Å². The van der Waals surface area contributed by atoms with Crippen LogP contribution in [0.1, 0.15) is 0 Å². The highest BCUT2D eigenvalue weighted by atomic mass is 35.5. The lowest BCUT2D eigenvalue weighted by Gasteiger charge is -2.20. The average molecular weight is 290 g/mol. The van der Waals surface area contributed by atoms with E-state index in [9.17, 15) is 9.59 Å².